The van der Waals surface area contributed by atoms with Crippen LogP contribution < -0.4 is 0 Å². The van der Waals surface area contributed by atoms with Crippen LogP contribution in [0.4, 0.5) is 0 Å². The Morgan fingerprint density at radius 2 is 0.897 bits per heavy atom. The van der Waals surface area contributed by atoms with Gasteiger partial charge in [0, 0.05) is 22.1 Å². The number of hydrogen-bond donors (Lipinski definition) is 0. The maximum atomic E-state index is 5.31. The fourth-order valence-corrected chi connectivity index (χ4v) is 9.28. The first-order valence-corrected chi connectivity index (χ1v) is 20.0. The third-order valence-electron chi connectivity index (χ3n) is 12.2. The molecule has 0 spiro atoms. The molecule has 0 aliphatic heterocycles. The summed E-state index contributed by atoms with van der Waals surface area (Å²) in [5.74, 6) is 0.705. The minimum absolute atomic E-state index is 0.238. The molecular weight excluding hydrogens is 701 g/mol. The summed E-state index contributed by atoms with van der Waals surface area (Å²) in [4.78, 5) is 10.5. The fourth-order valence-electron chi connectivity index (χ4n) is 9.28. The summed E-state index contributed by atoms with van der Waals surface area (Å²) in [5, 5.41) is 4.69. The molecule has 0 saturated heterocycles. The van der Waals surface area contributed by atoms with E-state index in [0.29, 0.717) is 5.82 Å². The molecule has 1 atom stereocenters. The van der Waals surface area contributed by atoms with Crippen molar-refractivity contribution in [3.05, 3.63) is 229 Å². The molecule has 0 bridgehead atoms. The van der Waals surface area contributed by atoms with E-state index in [9.17, 15) is 0 Å². The summed E-state index contributed by atoms with van der Waals surface area (Å²) < 4.78 is 0. The van der Waals surface area contributed by atoms with Gasteiger partial charge in [0.1, 0.15) is 0 Å². The fraction of sp³-hybridized carbons (Fsp3) is 0.0357. The Morgan fingerprint density at radius 3 is 1.66 bits per heavy atom. The van der Waals surface area contributed by atoms with Gasteiger partial charge < -0.3 is 0 Å². The third kappa shape index (κ3) is 5.49. The summed E-state index contributed by atoms with van der Waals surface area (Å²) in [6, 6.07) is 76.4. The molecule has 1 unspecified atom stereocenters. The lowest BCUT2D eigenvalue weighted by Crippen LogP contribution is -2.22. The second-order valence-electron chi connectivity index (χ2n) is 15.4. The average molecular weight is 739 g/mol. The molecule has 2 heteroatoms. The van der Waals surface area contributed by atoms with Gasteiger partial charge in [0.2, 0.25) is 0 Å². The van der Waals surface area contributed by atoms with Crippen LogP contribution in [0.1, 0.15) is 23.6 Å². The van der Waals surface area contributed by atoms with Crippen LogP contribution >= 0.6 is 0 Å². The monoisotopic (exact) mass is 738 g/mol. The summed E-state index contributed by atoms with van der Waals surface area (Å²) in [7, 11) is 0. The molecular formula is C56H38N2. The number of rotatable bonds is 6. The van der Waals surface area contributed by atoms with Crippen LogP contribution in [-0.4, -0.2) is 9.97 Å². The van der Waals surface area contributed by atoms with E-state index >= 15 is 0 Å². The quantitative estimate of drug-likeness (QED) is 0.170. The van der Waals surface area contributed by atoms with Crippen molar-refractivity contribution in [3.8, 4) is 67.3 Å². The van der Waals surface area contributed by atoms with Crippen LogP contribution in [0, 0.1) is 0 Å². The minimum Gasteiger partial charge on any atom is -0.228 e. The first-order chi connectivity index (χ1) is 28.6. The van der Waals surface area contributed by atoms with Gasteiger partial charge in [-0.1, -0.05) is 194 Å². The molecule has 1 aliphatic carbocycles. The normalized spacial score (nSPS) is 14.4. The van der Waals surface area contributed by atoms with Crippen LogP contribution in [0.25, 0.3) is 88.8 Å². The average Bonchev–Trinajstić information content (AvgIpc) is 3.57. The summed E-state index contributed by atoms with van der Waals surface area (Å²) in [6.07, 6.45) is 0. The number of fused-ring (bicyclic) bond motifs is 5. The molecule has 1 aliphatic rings. The lowest BCUT2D eigenvalue weighted by molar-refractivity contribution is 0.714. The summed E-state index contributed by atoms with van der Waals surface area (Å²) >= 11 is 0. The Balaban J connectivity index is 1.03. The van der Waals surface area contributed by atoms with E-state index in [1.54, 1.807) is 0 Å². The molecule has 2 nitrogen and oxygen atoms in total. The highest BCUT2D eigenvalue weighted by Gasteiger charge is 2.41. The number of nitrogens with zero attached hydrogens (tertiary/aromatic N) is 2. The zero-order valence-corrected chi connectivity index (χ0v) is 32.1. The van der Waals surface area contributed by atoms with Crippen LogP contribution in [0.15, 0.2) is 212 Å². The molecule has 1 aromatic heterocycles. The molecule has 11 rings (SSSR count). The van der Waals surface area contributed by atoms with Crippen molar-refractivity contribution >= 4 is 21.5 Å². The van der Waals surface area contributed by atoms with Crippen molar-refractivity contribution < 1.29 is 0 Å². The van der Waals surface area contributed by atoms with Gasteiger partial charge in [0.05, 0.1) is 11.4 Å². The summed E-state index contributed by atoms with van der Waals surface area (Å²) in [5.41, 5.74) is 16.2. The van der Waals surface area contributed by atoms with Gasteiger partial charge in [-0.25, -0.2) is 9.97 Å². The highest BCUT2D eigenvalue weighted by atomic mass is 14.9. The maximum absolute atomic E-state index is 5.31. The Labute approximate surface area is 338 Å². The van der Waals surface area contributed by atoms with Crippen molar-refractivity contribution in [1.82, 2.24) is 9.97 Å². The summed E-state index contributed by atoms with van der Waals surface area (Å²) in [6.45, 7) is 2.38. The first-order valence-electron chi connectivity index (χ1n) is 20.0. The van der Waals surface area contributed by atoms with Crippen molar-refractivity contribution in [2.75, 3.05) is 0 Å². The molecule has 10 aromatic rings. The smallest absolute Gasteiger partial charge is 0.160 e. The van der Waals surface area contributed by atoms with Crippen LogP contribution in [0.2, 0.25) is 0 Å². The minimum atomic E-state index is -0.238. The van der Waals surface area contributed by atoms with E-state index < -0.39 is 0 Å². The Kier molecular flexibility index (Phi) is 7.97. The second kappa shape index (κ2) is 13.7. The van der Waals surface area contributed by atoms with Gasteiger partial charge >= 0.3 is 0 Å². The lowest BCUT2D eigenvalue weighted by atomic mass is 9.74. The Morgan fingerprint density at radius 1 is 0.345 bits per heavy atom. The highest BCUT2D eigenvalue weighted by Crippen LogP contribution is 2.55. The van der Waals surface area contributed by atoms with Crippen molar-refractivity contribution in [1.29, 1.82) is 0 Å². The van der Waals surface area contributed by atoms with Crippen molar-refractivity contribution in [2.45, 2.75) is 12.3 Å². The Bertz CT molecular complexity index is 3170. The van der Waals surface area contributed by atoms with Gasteiger partial charge in [0.15, 0.2) is 5.82 Å². The van der Waals surface area contributed by atoms with E-state index in [0.717, 1.165) is 38.9 Å². The largest absolute Gasteiger partial charge is 0.228 e. The zero-order valence-electron chi connectivity index (χ0n) is 32.1. The van der Waals surface area contributed by atoms with Crippen molar-refractivity contribution in [2.24, 2.45) is 0 Å². The Hall–Kier alpha value is -7.42. The molecule has 0 radical (unpaired) electrons. The van der Waals surface area contributed by atoms with Gasteiger partial charge in [-0.3, -0.25) is 0 Å². The predicted octanol–water partition coefficient (Wildman–Crippen LogP) is 14.5. The maximum Gasteiger partial charge on any atom is 0.160 e. The molecule has 9 aromatic carbocycles. The highest BCUT2D eigenvalue weighted by molar-refractivity contribution is 6.05. The predicted molar refractivity (Wildman–Crippen MR) is 242 cm³/mol. The van der Waals surface area contributed by atoms with E-state index in [-0.39, 0.29) is 5.41 Å². The van der Waals surface area contributed by atoms with E-state index in [4.69, 9.17) is 9.97 Å². The molecule has 0 N–H and O–H groups in total. The molecule has 0 fully saturated rings. The van der Waals surface area contributed by atoms with E-state index in [2.05, 4.69) is 213 Å². The van der Waals surface area contributed by atoms with E-state index in [1.165, 1.54) is 60.8 Å². The van der Waals surface area contributed by atoms with Gasteiger partial charge in [-0.15, -0.1) is 0 Å². The topological polar surface area (TPSA) is 25.8 Å². The standard InChI is InChI=1S/C56H38N2/c1-56(43-20-9-4-10-21-43)50-26-14-13-24-49(50)54-45(25-15-27-51(54)56)41-30-28-40-35-42(31-29-39(40)34-41)55-57-52(38-18-7-3-8-19-38)36-53(58-55)48-33-32-44(37-16-5-2-6-17-37)46-22-11-12-23-47(46)48/h2-36H,1H3. The van der Waals surface area contributed by atoms with Crippen LogP contribution in [-0.2, 0) is 5.41 Å². The molecule has 1 heterocycles. The van der Waals surface area contributed by atoms with Crippen LogP contribution in [0.3, 0.4) is 0 Å². The zero-order chi connectivity index (χ0) is 38.6. The molecule has 272 valence electrons. The third-order valence-corrected chi connectivity index (χ3v) is 12.2. The molecule has 0 amide bonds. The number of hydrogen-bond acceptors (Lipinski definition) is 2. The number of aromatic nitrogens is 2. The van der Waals surface area contributed by atoms with Gasteiger partial charge in [-0.05, 0) is 96.7 Å². The second-order valence-corrected chi connectivity index (χ2v) is 15.4. The van der Waals surface area contributed by atoms with Crippen LogP contribution in [0.5, 0.6) is 0 Å². The van der Waals surface area contributed by atoms with Gasteiger partial charge in [0.25, 0.3) is 0 Å². The lowest BCUT2D eigenvalue weighted by Gasteiger charge is -2.28. The molecule has 0 saturated carbocycles. The molecule has 58 heavy (non-hydrogen) atoms. The van der Waals surface area contributed by atoms with E-state index in [1.807, 2.05) is 6.07 Å². The number of benzene rings is 9. The van der Waals surface area contributed by atoms with Gasteiger partial charge in [-0.2, -0.15) is 0 Å². The van der Waals surface area contributed by atoms with Crippen molar-refractivity contribution in [3.63, 3.8) is 0 Å². The first kappa shape index (κ1) is 33.9. The SMILES string of the molecule is CC1(c2ccccc2)c2ccccc2-c2c(-c3ccc4cc(-c5nc(-c6ccccc6)cc(-c6ccc(-c7ccccc7)c7ccccc67)n5)ccc4c3)cccc21.